The van der Waals surface area contributed by atoms with Gasteiger partial charge in [-0.1, -0.05) is 12.1 Å². The number of sulfonamides is 1. The van der Waals surface area contributed by atoms with Crippen molar-refractivity contribution < 1.29 is 40.2 Å². The molecule has 1 aromatic heterocycles. The Morgan fingerprint density at radius 3 is 2.48 bits per heavy atom. The summed E-state index contributed by atoms with van der Waals surface area (Å²) in [5.41, 5.74) is 0.138. The molecule has 0 saturated carbocycles. The van der Waals surface area contributed by atoms with Crippen LogP contribution in [0.15, 0.2) is 36.5 Å². The Labute approximate surface area is 276 Å². The lowest BCUT2D eigenvalue weighted by Gasteiger charge is -2.41. The molecule has 2 aromatic carbocycles. The van der Waals surface area contributed by atoms with Crippen molar-refractivity contribution in [3.8, 4) is 5.75 Å². The standard InChI is InChI=1S/C32H38F4N6O5S/c1-19-5-6-21(27(11-19)41(2)48(4,44)45)15-37-30-24(32(34,35)36)16-38-31(40-30)39-26-14-25(33)23(13-29(26)46-3)28(43)12-20-7-9-42(10-8-20)22-17-47-18-22/h5-6,11,13-14,16,20,22H,7-10,12,15,17-18H2,1-4H3,(H2,37,38,39,40). The van der Waals surface area contributed by atoms with Crippen LogP contribution in [0.4, 0.5) is 40.7 Å². The van der Waals surface area contributed by atoms with Gasteiger partial charge in [-0.3, -0.25) is 14.0 Å². The van der Waals surface area contributed by atoms with E-state index in [9.17, 15) is 26.4 Å². The molecule has 11 nitrogen and oxygen atoms in total. The Morgan fingerprint density at radius 2 is 1.88 bits per heavy atom. The summed E-state index contributed by atoms with van der Waals surface area (Å²) in [7, 11) is -0.992. The molecule has 260 valence electrons. The number of nitrogens with zero attached hydrogens (tertiary/aromatic N) is 4. The van der Waals surface area contributed by atoms with Gasteiger partial charge in [-0.25, -0.2) is 17.8 Å². The number of likely N-dealkylation sites (tertiary alicyclic amines) is 1. The van der Waals surface area contributed by atoms with Gasteiger partial charge >= 0.3 is 6.18 Å². The van der Waals surface area contributed by atoms with Gasteiger partial charge in [0.1, 0.15) is 22.9 Å². The Bertz CT molecular complexity index is 1760. The monoisotopic (exact) mass is 694 g/mol. The highest BCUT2D eigenvalue weighted by Crippen LogP contribution is 2.36. The van der Waals surface area contributed by atoms with E-state index in [4.69, 9.17) is 9.47 Å². The molecule has 0 spiro atoms. The number of piperidine rings is 1. The van der Waals surface area contributed by atoms with Crippen LogP contribution >= 0.6 is 0 Å². The first-order valence-corrected chi connectivity index (χ1v) is 17.2. The van der Waals surface area contributed by atoms with Crippen LogP contribution in [0.25, 0.3) is 0 Å². The Morgan fingerprint density at radius 1 is 1.17 bits per heavy atom. The quantitative estimate of drug-likeness (QED) is 0.188. The molecular formula is C32H38F4N6O5S. The number of alkyl halides is 3. The zero-order valence-electron chi connectivity index (χ0n) is 27.0. The second-order valence-corrected chi connectivity index (χ2v) is 14.1. The molecule has 0 aliphatic carbocycles. The molecule has 5 rings (SSSR count). The van der Waals surface area contributed by atoms with Gasteiger partial charge < -0.3 is 20.1 Å². The fourth-order valence-electron chi connectivity index (χ4n) is 5.74. The van der Waals surface area contributed by atoms with E-state index in [-0.39, 0.29) is 53.3 Å². The van der Waals surface area contributed by atoms with Crippen LogP contribution in [-0.2, 0) is 27.5 Å². The first kappa shape index (κ1) is 35.3. The summed E-state index contributed by atoms with van der Waals surface area (Å²) in [5.74, 6) is -1.88. The summed E-state index contributed by atoms with van der Waals surface area (Å²) in [6.45, 7) is 4.71. The van der Waals surface area contributed by atoms with Gasteiger partial charge in [-0.05, 0) is 62.0 Å². The number of carbonyl (C=O) groups is 1. The Kier molecular flexibility index (Phi) is 10.5. The molecule has 2 fully saturated rings. The topological polar surface area (TPSA) is 126 Å². The first-order valence-electron chi connectivity index (χ1n) is 15.3. The van der Waals surface area contributed by atoms with Crippen molar-refractivity contribution in [3.63, 3.8) is 0 Å². The molecule has 0 radical (unpaired) electrons. The van der Waals surface area contributed by atoms with Gasteiger partial charge in [0.2, 0.25) is 16.0 Å². The van der Waals surface area contributed by atoms with Crippen LogP contribution in [0.1, 0.15) is 46.3 Å². The zero-order valence-corrected chi connectivity index (χ0v) is 27.8. The first-order chi connectivity index (χ1) is 22.6. The van der Waals surface area contributed by atoms with Crippen LogP contribution in [-0.4, -0.2) is 81.8 Å². The van der Waals surface area contributed by atoms with E-state index in [0.29, 0.717) is 17.8 Å². The zero-order chi connectivity index (χ0) is 34.8. The van der Waals surface area contributed by atoms with E-state index in [0.717, 1.165) is 61.3 Å². The maximum Gasteiger partial charge on any atom is 0.421 e. The lowest BCUT2D eigenvalue weighted by atomic mass is 9.89. The lowest BCUT2D eigenvalue weighted by Crippen LogP contribution is -2.51. The van der Waals surface area contributed by atoms with Crippen molar-refractivity contribution >= 4 is 38.9 Å². The van der Waals surface area contributed by atoms with Gasteiger partial charge in [0, 0.05) is 32.3 Å². The normalized spacial score (nSPS) is 16.3. The maximum atomic E-state index is 15.3. The van der Waals surface area contributed by atoms with E-state index < -0.39 is 33.4 Å². The minimum atomic E-state index is -4.82. The summed E-state index contributed by atoms with van der Waals surface area (Å²) in [6.07, 6.45) is -1.40. The average Bonchev–Trinajstić information content (AvgIpc) is 2.99. The van der Waals surface area contributed by atoms with Crippen LogP contribution in [0, 0.1) is 18.7 Å². The molecule has 2 aliphatic rings. The van der Waals surface area contributed by atoms with Crippen molar-refractivity contribution in [1.29, 1.82) is 0 Å². The lowest BCUT2D eigenvalue weighted by molar-refractivity contribution is -0.137. The largest absolute Gasteiger partial charge is 0.495 e. The minimum absolute atomic E-state index is 0.00359. The second-order valence-electron chi connectivity index (χ2n) is 12.1. The minimum Gasteiger partial charge on any atom is -0.495 e. The van der Waals surface area contributed by atoms with E-state index in [2.05, 4.69) is 25.5 Å². The highest BCUT2D eigenvalue weighted by Gasteiger charge is 2.36. The van der Waals surface area contributed by atoms with Gasteiger partial charge in [0.15, 0.2) is 5.78 Å². The number of anilines is 4. The molecule has 2 saturated heterocycles. The van der Waals surface area contributed by atoms with Crippen LogP contribution < -0.4 is 19.7 Å². The fraction of sp³-hybridized carbons (Fsp3) is 0.469. The van der Waals surface area contributed by atoms with Crippen molar-refractivity contribution in [2.45, 2.75) is 44.9 Å². The number of rotatable bonds is 12. The van der Waals surface area contributed by atoms with Crippen LogP contribution in [0.5, 0.6) is 5.75 Å². The molecule has 0 unspecified atom stereocenters. The van der Waals surface area contributed by atoms with E-state index in [1.807, 2.05) is 0 Å². The number of ether oxygens (including phenoxy) is 2. The van der Waals surface area contributed by atoms with Crippen molar-refractivity contribution in [3.05, 3.63) is 64.6 Å². The van der Waals surface area contributed by atoms with Gasteiger partial charge in [0.05, 0.1) is 49.6 Å². The molecule has 3 heterocycles. The summed E-state index contributed by atoms with van der Waals surface area (Å²) < 4.78 is 93.3. The van der Waals surface area contributed by atoms with Crippen molar-refractivity contribution in [2.75, 3.05) is 61.7 Å². The number of ketones is 1. The number of hydrogen-bond donors (Lipinski definition) is 2. The number of benzene rings is 2. The molecule has 2 aliphatic heterocycles. The highest BCUT2D eigenvalue weighted by atomic mass is 32.2. The molecular weight excluding hydrogens is 656 g/mol. The number of hydrogen-bond acceptors (Lipinski definition) is 10. The van der Waals surface area contributed by atoms with E-state index >= 15 is 4.39 Å². The van der Waals surface area contributed by atoms with Crippen molar-refractivity contribution in [1.82, 2.24) is 14.9 Å². The summed E-state index contributed by atoms with van der Waals surface area (Å²) in [4.78, 5) is 23.3. The highest BCUT2D eigenvalue weighted by molar-refractivity contribution is 7.92. The van der Waals surface area contributed by atoms with Gasteiger partial charge in [-0.15, -0.1) is 0 Å². The summed E-state index contributed by atoms with van der Waals surface area (Å²) >= 11 is 0. The van der Waals surface area contributed by atoms with Crippen molar-refractivity contribution in [2.24, 2.45) is 5.92 Å². The summed E-state index contributed by atoms with van der Waals surface area (Å²) in [5, 5.41) is 5.36. The smallest absolute Gasteiger partial charge is 0.421 e. The molecule has 48 heavy (non-hydrogen) atoms. The number of Topliss-reactive ketones (excluding diaryl/α,β-unsaturated/α-hetero) is 1. The molecule has 0 atom stereocenters. The third-order valence-corrected chi connectivity index (χ3v) is 9.91. The van der Waals surface area contributed by atoms with E-state index in [1.54, 1.807) is 25.1 Å². The Hall–Kier alpha value is -4.02. The van der Waals surface area contributed by atoms with E-state index in [1.165, 1.54) is 20.2 Å². The van der Waals surface area contributed by atoms with Gasteiger partial charge in [-0.2, -0.15) is 18.2 Å². The molecule has 16 heteroatoms. The predicted molar refractivity (Wildman–Crippen MR) is 173 cm³/mol. The number of aromatic nitrogens is 2. The number of methoxy groups -OCH3 is 1. The van der Waals surface area contributed by atoms with Crippen LogP contribution in [0.3, 0.4) is 0 Å². The van der Waals surface area contributed by atoms with Crippen LogP contribution in [0.2, 0.25) is 0 Å². The third-order valence-electron chi connectivity index (χ3n) is 8.71. The number of carbonyl (C=O) groups excluding carboxylic acids is 1. The maximum absolute atomic E-state index is 15.3. The molecule has 3 aromatic rings. The summed E-state index contributed by atoms with van der Waals surface area (Å²) in [6, 6.07) is 7.65. The Balaban J connectivity index is 1.34. The van der Waals surface area contributed by atoms with Gasteiger partial charge in [0.25, 0.3) is 0 Å². The number of aryl methyl sites for hydroxylation is 1. The predicted octanol–water partition coefficient (Wildman–Crippen LogP) is 5.39. The number of halogens is 4. The fourth-order valence-corrected chi connectivity index (χ4v) is 6.27. The number of nitrogens with one attached hydrogen (secondary N) is 2. The molecule has 0 amide bonds. The molecule has 2 N–H and O–H groups in total. The SMILES string of the molecule is COc1cc(C(=O)CC2CCN(C3COC3)CC2)c(F)cc1Nc1ncc(C(F)(F)F)c(NCc2ccc(C)cc2N(C)S(C)(=O)=O)n1. The molecule has 0 bridgehead atoms. The second kappa shape index (κ2) is 14.2. The average molecular weight is 695 g/mol. The third kappa shape index (κ3) is 8.15.